The van der Waals surface area contributed by atoms with Crippen LogP contribution in [-0.2, 0) is 10.0 Å². The van der Waals surface area contributed by atoms with E-state index in [1.165, 1.54) is 20.2 Å². The average molecular weight is 445 g/mol. The molecule has 6 nitrogen and oxygen atoms in total. The van der Waals surface area contributed by atoms with Crippen molar-refractivity contribution in [1.82, 2.24) is 4.98 Å². The maximum atomic E-state index is 13.3. The number of pyridine rings is 1. The molecule has 0 atom stereocenters. The predicted octanol–water partition coefficient (Wildman–Crippen LogP) is 5.71. The summed E-state index contributed by atoms with van der Waals surface area (Å²) in [5.41, 5.74) is 2.85. The van der Waals surface area contributed by atoms with Crippen molar-refractivity contribution < 1.29 is 21.9 Å². The molecule has 2 aromatic rings. The Bertz CT molecular complexity index is 1190. The number of halogens is 2. The summed E-state index contributed by atoms with van der Waals surface area (Å²) in [5.74, 6) is -0.885. The first-order valence-corrected chi connectivity index (χ1v) is 10.3. The van der Waals surface area contributed by atoms with Gasteiger partial charge in [0.05, 0.1) is 24.0 Å². The summed E-state index contributed by atoms with van der Waals surface area (Å²) in [6.45, 7) is 8.53. The second-order valence-electron chi connectivity index (χ2n) is 6.14. The number of sulfonamides is 1. The van der Waals surface area contributed by atoms with Gasteiger partial charge in [-0.3, -0.25) is 9.71 Å². The van der Waals surface area contributed by atoms with Gasteiger partial charge in [-0.2, -0.15) is 0 Å². The fourth-order valence-electron chi connectivity index (χ4n) is 2.51. The summed E-state index contributed by atoms with van der Waals surface area (Å²) in [5, 5.41) is 0. The molecule has 31 heavy (non-hydrogen) atoms. The fourth-order valence-corrected chi connectivity index (χ4v) is 3.36. The monoisotopic (exact) mass is 445 g/mol. The van der Waals surface area contributed by atoms with E-state index in [4.69, 9.17) is 4.74 Å². The summed E-state index contributed by atoms with van der Waals surface area (Å²) in [4.78, 5) is 7.88. The van der Waals surface area contributed by atoms with Crippen molar-refractivity contribution in [3.05, 3.63) is 77.9 Å². The number of nitrogens with zero attached hydrogens (tertiary/aromatic N) is 2. The Hall–Kier alpha value is -3.59. The van der Waals surface area contributed by atoms with Crippen LogP contribution in [0.1, 0.15) is 12.5 Å². The number of hydrogen-bond donors (Lipinski definition) is 1. The Morgan fingerprint density at radius 3 is 2.61 bits per heavy atom. The molecule has 0 fully saturated rings. The molecule has 1 aromatic carbocycles. The predicted molar refractivity (Wildman–Crippen MR) is 121 cm³/mol. The highest BCUT2D eigenvalue weighted by atomic mass is 32.2. The maximum absolute atomic E-state index is 13.3. The highest BCUT2D eigenvalue weighted by Gasteiger charge is 2.17. The van der Waals surface area contributed by atoms with E-state index >= 15 is 0 Å². The van der Waals surface area contributed by atoms with Crippen LogP contribution in [0.5, 0.6) is 5.88 Å². The molecule has 0 bridgehead atoms. The zero-order valence-electron chi connectivity index (χ0n) is 17.0. The minimum atomic E-state index is -4.06. The zero-order valence-corrected chi connectivity index (χ0v) is 17.8. The molecule has 1 N–H and O–H groups in total. The van der Waals surface area contributed by atoms with Gasteiger partial charge in [-0.1, -0.05) is 18.7 Å². The average Bonchev–Trinajstić information content (AvgIpc) is 2.76. The molecule has 1 aromatic heterocycles. The minimum absolute atomic E-state index is 0.0131. The van der Waals surface area contributed by atoms with Crippen molar-refractivity contribution in [3.8, 4) is 17.0 Å². The molecule has 0 unspecified atom stereocenters. The molecule has 0 saturated carbocycles. The van der Waals surface area contributed by atoms with Crippen LogP contribution in [0, 0.1) is 0 Å². The number of hydrogen-bond acceptors (Lipinski definition) is 5. The standard InChI is InChI=1S/C22H21F2N3O3S/c1-5-16-12-17(7-9-20(16)25-3)18-13-21(22(30-4)26-14-18)27-31(28,29)15(2)6-8-19(24)10-11-23/h5-14,27H,1,3H2,2,4H3/b11-10+,15-6?,19-8+. The first-order valence-electron chi connectivity index (χ1n) is 8.87. The van der Waals surface area contributed by atoms with Crippen LogP contribution in [0.4, 0.5) is 20.2 Å². The van der Waals surface area contributed by atoms with Crippen LogP contribution in [0.3, 0.4) is 0 Å². The van der Waals surface area contributed by atoms with Crippen LogP contribution < -0.4 is 9.46 Å². The lowest BCUT2D eigenvalue weighted by molar-refractivity contribution is 0.400. The van der Waals surface area contributed by atoms with Crippen LogP contribution in [0.2, 0.25) is 0 Å². The Kier molecular flexibility index (Phi) is 7.98. The van der Waals surface area contributed by atoms with Gasteiger partial charge < -0.3 is 4.74 Å². The number of ether oxygens (including phenoxy) is 1. The van der Waals surface area contributed by atoms with Crippen LogP contribution in [0.25, 0.3) is 17.2 Å². The van der Waals surface area contributed by atoms with E-state index in [9.17, 15) is 17.2 Å². The van der Waals surface area contributed by atoms with E-state index in [2.05, 4.69) is 28.0 Å². The largest absolute Gasteiger partial charge is 0.480 e. The van der Waals surface area contributed by atoms with E-state index in [1.807, 2.05) is 6.07 Å². The van der Waals surface area contributed by atoms with E-state index in [-0.39, 0.29) is 22.8 Å². The molecule has 0 saturated heterocycles. The van der Waals surface area contributed by atoms with E-state index < -0.39 is 15.9 Å². The van der Waals surface area contributed by atoms with Gasteiger partial charge in [0.2, 0.25) is 5.88 Å². The van der Waals surface area contributed by atoms with Crippen LogP contribution in [-0.4, -0.2) is 27.2 Å². The maximum Gasteiger partial charge on any atom is 0.257 e. The molecule has 9 heteroatoms. The van der Waals surface area contributed by atoms with Gasteiger partial charge in [0.1, 0.15) is 11.5 Å². The molecule has 0 aliphatic rings. The van der Waals surface area contributed by atoms with Gasteiger partial charge in [0.25, 0.3) is 10.0 Å². The summed E-state index contributed by atoms with van der Waals surface area (Å²) < 4.78 is 58.1. The molecule has 0 aliphatic carbocycles. The molecular weight excluding hydrogens is 424 g/mol. The van der Waals surface area contributed by atoms with E-state index in [0.29, 0.717) is 17.3 Å². The summed E-state index contributed by atoms with van der Waals surface area (Å²) in [6, 6.07) is 6.92. The molecule has 0 radical (unpaired) electrons. The summed E-state index contributed by atoms with van der Waals surface area (Å²) in [7, 11) is -2.70. The number of rotatable bonds is 9. The lowest BCUT2D eigenvalue weighted by Gasteiger charge is -2.13. The van der Waals surface area contributed by atoms with Gasteiger partial charge in [-0.15, -0.1) is 0 Å². The van der Waals surface area contributed by atoms with Gasteiger partial charge in [-0.25, -0.2) is 22.2 Å². The van der Waals surface area contributed by atoms with Crippen molar-refractivity contribution >= 4 is 34.2 Å². The molecule has 1 heterocycles. The summed E-state index contributed by atoms with van der Waals surface area (Å²) >= 11 is 0. The number of aliphatic imine (C=N–C) groups is 1. The quantitative estimate of drug-likeness (QED) is 0.396. The Labute approximate surface area is 180 Å². The second-order valence-corrected chi connectivity index (χ2v) is 8.00. The number of anilines is 1. The lowest BCUT2D eigenvalue weighted by Crippen LogP contribution is -2.14. The van der Waals surface area contributed by atoms with Crippen molar-refractivity contribution in [3.63, 3.8) is 0 Å². The fraction of sp³-hybridized carbons (Fsp3) is 0.0909. The molecular formula is C22H21F2N3O3S. The van der Waals surface area contributed by atoms with Gasteiger partial charge in [-0.05, 0) is 49.6 Å². The third-order valence-electron chi connectivity index (χ3n) is 4.16. The topological polar surface area (TPSA) is 80.6 Å². The van der Waals surface area contributed by atoms with E-state index in [0.717, 1.165) is 23.3 Å². The number of allylic oxidation sites excluding steroid dienone is 5. The first-order chi connectivity index (χ1) is 14.7. The van der Waals surface area contributed by atoms with Crippen molar-refractivity contribution in [1.29, 1.82) is 0 Å². The van der Waals surface area contributed by atoms with Crippen molar-refractivity contribution in [2.45, 2.75) is 6.92 Å². The molecule has 0 aliphatic heterocycles. The third-order valence-corrected chi connectivity index (χ3v) is 5.64. The van der Waals surface area contributed by atoms with E-state index in [1.54, 1.807) is 24.3 Å². The Morgan fingerprint density at radius 1 is 1.26 bits per heavy atom. The molecule has 0 spiro atoms. The first kappa shape index (κ1) is 23.7. The molecule has 162 valence electrons. The second kappa shape index (κ2) is 10.4. The zero-order chi connectivity index (χ0) is 23.0. The Balaban J connectivity index is 2.45. The van der Waals surface area contributed by atoms with Gasteiger partial charge >= 0.3 is 0 Å². The Morgan fingerprint density at radius 2 is 2.00 bits per heavy atom. The third kappa shape index (κ3) is 5.95. The van der Waals surface area contributed by atoms with Crippen LogP contribution >= 0.6 is 0 Å². The van der Waals surface area contributed by atoms with Crippen LogP contribution in [0.15, 0.2) is 77.3 Å². The molecule has 0 amide bonds. The highest BCUT2D eigenvalue weighted by Crippen LogP contribution is 2.32. The number of nitrogens with one attached hydrogen (secondary N) is 1. The highest BCUT2D eigenvalue weighted by molar-refractivity contribution is 7.96. The van der Waals surface area contributed by atoms with Crippen molar-refractivity contribution in [2.75, 3.05) is 11.8 Å². The SMILES string of the molecule is C=Cc1cc(-c2cnc(OC)c(NS(=O)(=O)C(C)=C/C=C(F)\C=C\F)c2)ccc1N=C. The minimum Gasteiger partial charge on any atom is -0.480 e. The van der Waals surface area contributed by atoms with Gasteiger partial charge in [0.15, 0.2) is 0 Å². The number of methoxy groups -OCH3 is 1. The number of benzene rings is 1. The summed E-state index contributed by atoms with van der Waals surface area (Å²) in [6.07, 6.45) is 5.59. The smallest absolute Gasteiger partial charge is 0.257 e. The normalized spacial score (nSPS) is 12.6. The number of aromatic nitrogens is 1. The molecule has 2 rings (SSSR count). The van der Waals surface area contributed by atoms with Gasteiger partial charge in [0, 0.05) is 23.4 Å². The van der Waals surface area contributed by atoms with Crippen molar-refractivity contribution in [2.24, 2.45) is 4.99 Å². The lowest BCUT2D eigenvalue weighted by atomic mass is 10.0.